The third-order valence-electron chi connectivity index (χ3n) is 3.29. The van der Waals surface area contributed by atoms with Gasteiger partial charge in [0, 0.05) is 13.0 Å². The molecule has 0 bridgehead atoms. The van der Waals surface area contributed by atoms with Crippen LogP contribution in [-0.2, 0) is 16.0 Å². The van der Waals surface area contributed by atoms with E-state index in [-0.39, 0.29) is 12.5 Å². The van der Waals surface area contributed by atoms with Crippen molar-refractivity contribution in [1.82, 2.24) is 4.90 Å². The van der Waals surface area contributed by atoms with Crippen molar-refractivity contribution in [3.8, 4) is 0 Å². The molecule has 0 unspecified atom stereocenters. The third-order valence-corrected chi connectivity index (χ3v) is 3.29. The Labute approximate surface area is 120 Å². The zero-order chi connectivity index (χ0) is 15.0. The number of carboxylic acids is 1. The molecule has 1 rings (SSSR count). The van der Waals surface area contributed by atoms with Gasteiger partial charge < -0.3 is 10.0 Å². The standard InChI is InChI=1S/C16H23NO3/c1-3-17(12-16(19)20)15(18)7-5-4-6-14-10-8-13(2)9-11-14/h8-11H,3-7,12H2,1-2H3,(H,19,20). The van der Waals surface area contributed by atoms with Crippen molar-refractivity contribution in [3.63, 3.8) is 0 Å². The molecular weight excluding hydrogens is 254 g/mol. The van der Waals surface area contributed by atoms with Crippen LogP contribution >= 0.6 is 0 Å². The van der Waals surface area contributed by atoms with E-state index in [1.165, 1.54) is 16.0 Å². The Bertz CT molecular complexity index is 440. The lowest BCUT2D eigenvalue weighted by Gasteiger charge is -2.18. The number of hydrogen-bond acceptors (Lipinski definition) is 2. The van der Waals surface area contributed by atoms with E-state index in [9.17, 15) is 9.59 Å². The molecule has 110 valence electrons. The molecule has 4 nitrogen and oxygen atoms in total. The minimum atomic E-state index is -0.958. The molecule has 0 aliphatic heterocycles. The molecule has 20 heavy (non-hydrogen) atoms. The van der Waals surface area contributed by atoms with Crippen LogP contribution in [-0.4, -0.2) is 35.0 Å². The second kappa shape index (κ2) is 8.35. The largest absolute Gasteiger partial charge is 0.480 e. The van der Waals surface area contributed by atoms with Gasteiger partial charge in [0.15, 0.2) is 0 Å². The normalized spacial score (nSPS) is 10.3. The van der Waals surface area contributed by atoms with E-state index in [0.29, 0.717) is 13.0 Å². The summed E-state index contributed by atoms with van der Waals surface area (Å²) in [5, 5.41) is 8.71. The van der Waals surface area contributed by atoms with Crippen molar-refractivity contribution >= 4 is 11.9 Å². The lowest BCUT2D eigenvalue weighted by molar-refractivity contribution is -0.144. The van der Waals surface area contributed by atoms with E-state index < -0.39 is 5.97 Å². The van der Waals surface area contributed by atoms with E-state index >= 15 is 0 Å². The van der Waals surface area contributed by atoms with Gasteiger partial charge in [-0.1, -0.05) is 29.8 Å². The minimum absolute atomic E-state index is 0.0705. The first-order valence-electron chi connectivity index (χ1n) is 7.08. The third kappa shape index (κ3) is 5.87. The van der Waals surface area contributed by atoms with Crippen LogP contribution in [0.1, 0.15) is 37.3 Å². The van der Waals surface area contributed by atoms with Crippen LogP contribution in [0.3, 0.4) is 0 Å². The van der Waals surface area contributed by atoms with Crippen LogP contribution in [0.2, 0.25) is 0 Å². The summed E-state index contributed by atoms with van der Waals surface area (Å²) in [6, 6.07) is 8.40. The molecule has 0 atom stereocenters. The van der Waals surface area contributed by atoms with Crippen molar-refractivity contribution in [2.45, 2.75) is 39.5 Å². The average molecular weight is 277 g/mol. The molecule has 0 fully saturated rings. The van der Waals surface area contributed by atoms with Gasteiger partial charge in [-0.15, -0.1) is 0 Å². The monoisotopic (exact) mass is 277 g/mol. The molecule has 0 aliphatic rings. The predicted octanol–water partition coefficient (Wildman–Crippen LogP) is 2.64. The van der Waals surface area contributed by atoms with Crippen LogP contribution < -0.4 is 0 Å². The zero-order valence-electron chi connectivity index (χ0n) is 12.3. The Morgan fingerprint density at radius 3 is 2.35 bits per heavy atom. The number of rotatable bonds is 8. The minimum Gasteiger partial charge on any atom is -0.480 e. The van der Waals surface area contributed by atoms with Crippen molar-refractivity contribution in [2.24, 2.45) is 0 Å². The molecule has 0 saturated heterocycles. The quantitative estimate of drug-likeness (QED) is 0.743. The molecule has 0 radical (unpaired) electrons. The molecule has 0 aliphatic carbocycles. The van der Waals surface area contributed by atoms with Crippen LogP contribution in [0, 0.1) is 6.92 Å². The summed E-state index contributed by atoms with van der Waals surface area (Å²) >= 11 is 0. The number of carbonyl (C=O) groups is 2. The van der Waals surface area contributed by atoms with Gasteiger partial charge in [0.1, 0.15) is 6.54 Å². The van der Waals surface area contributed by atoms with E-state index in [0.717, 1.165) is 19.3 Å². The number of hydrogen-bond donors (Lipinski definition) is 1. The maximum atomic E-state index is 11.8. The summed E-state index contributed by atoms with van der Waals surface area (Å²) < 4.78 is 0. The lowest BCUT2D eigenvalue weighted by atomic mass is 10.1. The van der Waals surface area contributed by atoms with Gasteiger partial charge >= 0.3 is 5.97 Å². The highest BCUT2D eigenvalue weighted by atomic mass is 16.4. The Kier molecular flexibility index (Phi) is 6.77. The summed E-state index contributed by atoms with van der Waals surface area (Å²) in [7, 11) is 0. The fourth-order valence-corrected chi connectivity index (χ4v) is 2.06. The summed E-state index contributed by atoms with van der Waals surface area (Å²) in [6.07, 6.45) is 3.12. The Balaban J connectivity index is 2.27. The van der Waals surface area contributed by atoms with Crippen LogP contribution in [0.25, 0.3) is 0 Å². The molecule has 0 aromatic heterocycles. The highest BCUT2D eigenvalue weighted by Crippen LogP contribution is 2.09. The summed E-state index contributed by atoms with van der Waals surface area (Å²) in [6.45, 7) is 4.10. The van der Waals surface area contributed by atoms with Gasteiger partial charge in [0.2, 0.25) is 5.91 Å². The molecule has 4 heteroatoms. The maximum Gasteiger partial charge on any atom is 0.323 e. The second-order valence-corrected chi connectivity index (χ2v) is 4.99. The maximum absolute atomic E-state index is 11.8. The number of nitrogens with zero attached hydrogens (tertiary/aromatic N) is 1. The topological polar surface area (TPSA) is 57.6 Å². The molecule has 1 aromatic carbocycles. The molecule has 0 saturated carbocycles. The summed E-state index contributed by atoms with van der Waals surface area (Å²) in [5.74, 6) is -1.03. The van der Waals surface area contributed by atoms with Crippen LogP contribution in [0.5, 0.6) is 0 Å². The van der Waals surface area contributed by atoms with E-state index in [1.54, 1.807) is 6.92 Å². The fourth-order valence-electron chi connectivity index (χ4n) is 2.06. The van der Waals surface area contributed by atoms with Gasteiger partial charge in [-0.25, -0.2) is 0 Å². The number of aliphatic carboxylic acids is 1. The average Bonchev–Trinajstić information content (AvgIpc) is 2.42. The number of unbranched alkanes of at least 4 members (excludes halogenated alkanes) is 1. The molecule has 0 spiro atoms. The molecule has 1 amide bonds. The molecule has 1 aromatic rings. The first-order valence-corrected chi connectivity index (χ1v) is 7.08. The van der Waals surface area contributed by atoms with Gasteiger partial charge in [-0.3, -0.25) is 9.59 Å². The first kappa shape index (κ1) is 16.2. The highest BCUT2D eigenvalue weighted by Gasteiger charge is 2.13. The number of benzene rings is 1. The van der Waals surface area contributed by atoms with Crippen molar-refractivity contribution < 1.29 is 14.7 Å². The van der Waals surface area contributed by atoms with Crippen molar-refractivity contribution in [1.29, 1.82) is 0 Å². The van der Waals surface area contributed by atoms with Crippen molar-refractivity contribution in [3.05, 3.63) is 35.4 Å². The van der Waals surface area contributed by atoms with E-state index in [1.807, 2.05) is 0 Å². The Hall–Kier alpha value is -1.84. The molecular formula is C16H23NO3. The number of carbonyl (C=O) groups excluding carboxylic acids is 1. The summed E-state index contributed by atoms with van der Waals surface area (Å²) in [4.78, 5) is 23.8. The Morgan fingerprint density at radius 2 is 1.80 bits per heavy atom. The van der Waals surface area contributed by atoms with Gasteiger partial charge in [-0.2, -0.15) is 0 Å². The highest BCUT2D eigenvalue weighted by molar-refractivity contribution is 5.81. The zero-order valence-corrected chi connectivity index (χ0v) is 12.3. The van der Waals surface area contributed by atoms with Gasteiger partial charge in [-0.05, 0) is 38.7 Å². The second-order valence-electron chi connectivity index (χ2n) is 4.99. The Morgan fingerprint density at radius 1 is 1.15 bits per heavy atom. The molecule has 0 heterocycles. The molecule has 1 N–H and O–H groups in total. The summed E-state index contributed by atoms with van der Waals surface area (Å²) in [5.41, 5.74) is 2.53. The fraction of sp³-hybridized carbons (Fsp3) is 0.500. The van der Waals surface area contributed by atoms with Gasteiger partial charge in [0.25, 0.3) is 0 Å². The van der Waals surface area contributed by atoms with Crippen LogP contribution in [0.4, 0.5) is 0 Å². The predicted molar refractivity (Wildman–Crippen MR) is 78.6 cm³/mol. The smallest absolute Gasteiger partial charge is 0.323 e. The first-order chi connectivity index (χ1) is 9.52. The lowest BCUT2D eigenvalue weighted by Crippen LogP contribution is -2.35. The van der Waals surface area contributed by atoms with E-state index in [4.69, 9.17) is 5.11 Å². The van der Waals surface area contributed by atoms with Gasteiger partial charge in [0.05, 0.1) is 0 Å². The van der Waals surface area contributed by atoms with Crippen molar-refractivity contribution in [2.75, 3.05) is 13.1 Å². The number of carboxylic acid groups (broad SMARTS) is 1. The number of amides is 1. The van der Waals surface area contributed by atoms with E-state index in [2.05, 4.69) is 31.2 Å². The number of likely N-dealkylation sites (N-methyl/N-ethyl adjacent to an activating group) is 1. The van der Waals surface area contributed by atoms with Crippen LogP contribution in [0.15, 0.2) is 24.3 Å². The number of aryl methyl sites for hydroxylation is 2. The SMILES string of the molecule is CCN(CC(=O)O)C(=O)CCCCc1ccc(C)cc1.